The van der Waals surface area contributed by atoms with E-state index in [9.17, 15) is 22.8 Å². The minimum atomic E-state index is -1.26. The average molecular weight is 622 g/mol. The Labute approximate surface area is 258 Å². The highest BCUT2D eigenvalue weighted by molar-refractivity contribution is 6.08. The van der Waals surface area contributed by atoms with Crippen molar-refractivity contribution in [2.75, 3.05) is 47.8 Å². The Morgan fingerprint density at radius 2 is 1.73 bits per heavy atom. The van der Waals surface area contributed by atoms with Gasteiger partial charge in [0, 0.05) is 55.7 Å². The number of nitrogens with one attached hydrogen (secondary N) is 1. The molecule has 13 heteroatoms. The summed E-state index contributed by atoms with van der Waals surface area (Å²) in [5.74, 6) is -1.35. The van der Waals surface area contributed by atoms with Crippen LogP contribution < -0.4 is 15.1 Å². The fourth-order valence-electron chi connectivity index (χ4n) is 5.71. The Hall–Kier alpha value is -4.81. The molecule has 0 bridgehead atoms. The average Bonchev–Trinajstić information content (AvgIpc) is 3.61. The van der Waals surface area contributed by atoms with E-state index in [4.69, 9.17) is 4.74 Å². The maximum absolute atomic E-state index is 14.6. The Bertz CT molecular complexity index is 1720. The number of hydrogen-bond acceptors (Lipinski definition) is 7. The molecule has 2 atom stereocenters. The van der Waals surface area contributed by atoms with Crippen molar-refractivity contribution < 1.29 is 27.5 Å². The van der Waals surface area contributed by atoms with Crippen LogP contribution >= 0.6 is 0 Å². The van der Waals surface area contributed by atoms with Gasteiger partial charge in [-0.05, 0) is 69.3 Å². The number of carbonyl (C=O) groups is 2. The van der Waals surface area contributed by atoms with Crippen molar-refractivity contribution in [2.24, 2.45) is 0 Å². The third-order valence-electron chi connectivity index (χ3n) is 7.88. The van der Waals surface area contributed by atoms with E-state index in [1.54, 1.807) is 34.2 Å². The molecule has 10 nitrogen and oxygen atoms in total. The quantitative estimate of drug-likeness (QED) is 0.310. The predicted octanol–water partition coefficient (Wildman–Crippen LogP) is 5.61. The van der Waals surface area contributed by atoms with Crippen molar-refractivity contribution in [3.63, 3.8) is 0 Å². The molecule has 4 aromatic rings. The zero-order valence-corrected chi connectivity index (χ0v) is 25.2. The number of hydrogen-bond donors (Lipinski definition) is 1. The highest BCUT2D eigenvalue weighted by Crippen LogP contribution is 2.38. The van der Waals surface area contributed by atoms with Gasteiger partial charge < -0.3 is 24.8 Å². The van der Waals surface area contributed by atoms with Gasteiger partial charge >= 0.3 is 6.09 Å². The van der Waals surface area contributed by atoms with Gasteiger partial charge in [0.25, 0.3) is 5.91 Å². The largest absolute Gasteiger partial charge is 0.444 e. The van der Waals surface area contributed by atoms with Crippen LogP contribution in [-0.4, -0.2) is 76.0 Å². The van der Waals surface area contributed by atoms with Gasteiger partial charge in [-0.15, -0.1) is 0 Å². The lowest BCUT2D eigenvalue weighted by Crippen LogP contribution is -2.50. The molecule has 0 saturated carbocycles. The second kappa shape index (κ2) is 11.9. The Morgan fingerprint density at radius 3 is 2.44 bits per heavy atom. The standard InChI is InChI=1S/C32H34F3N7O3/c1-32(2,3)45-31(44)40-14-12-39(13-15-40)23-7-5-22(6-8-23)37-30(43)25-18-36-42-11-10-28(38-29(25)42)41-19-21(34)17-27(41)24-16-20(33)4-9-26(24)35/h4-11,16,18,21,27H,12-15,17,19H2,1-3H3,(H,37,43)/t21-,27+/m0/s1. The van der Waals surface area contributed by atoms with Crippen LogP contribution in [0.5, 0.6) is 0 Å². The summed E-state index contributed by atoms with van der Waals surface area (Å²) >= 11 is 0. The summed E-state index contributed by atoms with van der Waals surface area (Å²) in [7, 11) is 0. The number of fused-ring (bicyclic) bond motifs is 1. The van der Waals surface area contributed by atoms with Crippen LogP contribution in [0.3, 0.4) is 0 Å². The van der Waals surface area contributed by atoms with Gasteiger partial charge in [0.1, 0.15) is 34.8 Å². The van der Waals surface area contributed by atoms with Gasteiger partial charge in [-0.2, -0.15) is 5.10 Å². The van der Waals surface area contributed by atoms with Crippen molar-refractivity contribution in [1.29, 1.82) is 0 Å². The third-order valence-corrected chi connectivity index (χ3v) is 7.88. The number of anilines is 3. The second-order valence-electron chi connectivity index (χ2n) is 12.2. The lowest BCUT2D eigenvalue weighted by Gasteiger charge is -2.36. The summed E-state index contributed by atoms with van der Waals surface area (Å²) in [5.41, 5.74) is 1.47. The molecule has 1 N–H and O–H groups in total. The molecular formula is C32H34F3N7O3. The van der Waals surface area contributed by atoms with Crippen LogP contribution in [0, 0.1) is 11.6 Å². The van der Waals surface area contributed by atoms with Crippen LogP contribution in [0.1, 0.15) is 49.2 Å². The number of rotatable bonds is 5. The van der Waals surface area contributed by atoms with Crippen LogP contribution in [0.2, 0.25) is 0 Å². The summed E-state index contributed by atoms with van der Waals surface area (Å²) in [4.78, 5) is 35.7. The molecule has 2 aliphatic heterocycles. The van der Waals surface area contributed by atoms with Crippen molar-refractivity contribution in [2.45, 2.75) is 45.0 Å². The molecular weight excluding hydrogens is 587 g/mol. The summed E-state index contributed by atoms with van der Waals surface area (Å²) in [6, 6.07) is 11.4. The van der Waals surface area contributed by atoms with Crippen molar-refractivity contribution in [3.8, 4) is 0 Å². The molecule has 2 aromatic carbocycles. The van der Waals surface area contributed by atoms with Gasteiger partial charge in [-0.25, -0.2) is 27.5 Å². The van der Waals surface area contributed by atoms with E-state index in [0.717, 1.165) is 23.9 Å². The maximum atomic E-state index is 14.6. The Morgan fingerprint density at radius 1 is 1.00 bits per heavy atom. The minimum Gasteiger partial charge on any atom is -0.444 e. The number of halogens is 3. The Kier molecular flexibility index (Phi) is 8.02. The second-order valence-corrected chi connectivity index (χ2v) is 12.2. The number of alkyl halides is 1. The van der Waals surface area contributed by atoms with E-state index in [1.165, 1.54) is 10.7 Å². The summed E-state index contributed by atoms with van der Waals surface area (Å²) < 4.78 is 50.1. The van der Waals surface area contributed by atoms with E-state index in [1.807, 2.05) is 32.9 Å². The first-order chi connectivity index (χ1) is 21.4. The number of piperazine rings is 1. The van der Waals surface area contributed by atoms with E-state index in [-0.39, 0.29) is 35.8 Å². The fraction of sp³-hybridized carbons (Fsp3) is 0.375. The minimum absolute atomic E-state index is 0.0186. The van der Waals surface area contributed by atoms with E-state index in [0.29, 0.717) is 37.7 Å². The van der Waals surface area contributed by atoms with Crippen molar-refractivity contribution >= 4 is 34.8 Å². The van der Waals surface area contributed by atoms with Crippen LogP contribution in [0.15, 0.2) is 60.9 Å². The van der Waals surface area contributed by atoms with Gasteiger partial charge in [0.05, 0.1) is 18.8 Å². The first-order valence-electron chi connectivity index (χ1n) is 14.8. The summed E-state index contributed by atoms with van der Waals surface area (Å²) in [5, 5.41) is 7.10. The number of ether oxygens (including phenoxy) is 1. The van der Waals surface area contributed by atoms with Gasteiger partial charge in [-0.3, -0.25) is 4.79 Å². The molecule has 6 rings (SSSR count). The van der Waals surface area contributed by atoms with E-state index >= 15 is 0 Å². The van der Waals surface area contributed by atoms with Crippen LogP contribution in [0.25, 0.3) is 5.65 Å². The molecule has 0 aliphatic carbocycles. The number of amides is 2. The third kappa shape index (κ3) is 6.52. The van der Waals surface area contributed by atoms with Gasteiger partial charge in [0.2, 0.25) is 0 Å². The molecule has 236 valence electrons. The van der Waals surface area contributed by atoms with E-state index < -0.39 is 35.4 Å². The maximum Gasteiger partial charge on any atom is 0.410 e. The highest BCUT2D eigenvalue weighted by Gasteiger charge is 2.36. The molecule has 0 radical (unpaired) electrons. The normalized spacial score (nSPS) is 18.8. The smallest absolute Gasteiger partial charge is 0.410 e. The fourth-order valence-corrected chi connectivity index (χ4v) is 5.71. The number of carbonyl (C=O) groups excluding carboxylic acids is 2. The van der Waals surface area contributed by atoms with Crippen LogP contribution in [0.4, 0.5) is 35.2 Å². The van der Waals surface area contributed by atoms with Gasteiger partial charge in [-0.1, -0.05) is 0 Å². The van der Waals surface area contributed by atoms with Crippen molar-refractivity contribution in [3.05, 3.63) is 83.7 Å². The number of aromatic nitrogens is 3. The lowest BCUT2D eigenvalue weighted by atomic mass is 10.0. The molecule has 4 heterocycles. The molecule has 45 heavy (non-hydrogen) atoms. The van der Waals surface area contributed by atoms with Crippen molar-refractivity contribution in [1.82, 2.24) is 19.5 Å². The molecule has 2 amide bonds. The number of nitrogens with zero attached hydrogens (tertiary/aromatic N) is 6. The molecule has 2 fully saturated rings. The molecule has 2 aliphatic rings. The highest BCUT2D eigenvalue weighted by atomic mass is 19.1. The zero-order chi connectivity index (χ0) is 31.9. The topological polar surface area (TPSA) is 95.3 Å². The molecule has 0 spiro atoms. The summed E-state index contributed by atoms with van der Waals surface area (Å²) in [6.07, 6.45) is 1.39. The predicted molar refractivity (Wildman–Crippen MR) is 163 cm³/mol. The zero-order valence-electron chi connectivity index (χ0n) is 25.2. The van der Waals surface area contributed by atoms with Crippen LogP contribution in [-0.2, 0) is 4.74 Å². The first-order valence-corrected chi connectivity index (χ1v) is 14.8. The number of benzene rings is 2. The molecule has 2 aromatic heterocycles. The lowest BCUT2D eigenvalue weighted by molar-refractivity contribution is 0.0240. The molecule has 0 unspecified atom stereocenters. The monoisotopic (exact) mass is 621 g/mol. The SMILES string of the molecule is CC(C)(C)OC(=O)N1CCN(c2ccc(NC(=O)c3cnn4ccc(N5C[C@@H](F)C[C@@H]5c5cc(F)ccc5F)nc34)cc2)CC1. The molecule has 2 saturated heterocycles. The summed E-state index contributed by atoms with van der Waals surface area (Å²) in [6.45, 7) is 7.85. The Balaban J connectivity index is 1.14. The van der Waals surface area contributed by atoms with Gasteiger partial charge in [0.15, 0.2) is 5.65 Å². The first kappa shape index (κ1) is 30.2. The van der Waals surface area contributed by atoms with E-state index in [2.05, 4.69) is 20.3 Å².